The van der Waals surface area contributed by atoms with E-state index < -0.39 is 0 Å². The Labute approximate surface area is 183 Å². The van der Waals surface area contributed by atoms with Crippen LogP contribution in [0.15, 0.2) is 47.6 Å². The molecule has 6 atom stereocenters. The van der Waals surface area contributed by atoms with Gasteiger partial charge in [-0.2, -0.15) is 0 Å². The Morgan fingerprint density at radius 3 is 2.50 bits per heavy atom. The average molecular weight is 411 g/mol. The van der Waals surface area contributed by atoms with Crippen molar-refractivity contribution in [3.05, 3.63) is 47.6 Å². The maximum atomic E-state index is 10.3. The fourth-order valence-corrected chi connectivity index (χ4v) is 6.92. The predicted octanol–water partition coefficient (Wildman–Crippen LogP) is 6.51. The lowest BCUT2D eigenvalue weighted by Crippen LogP contribution is -2.42. The van der Waals surface area contributed by atoms with Crippen LogP contribution in [0.5, 0.6) is 0 Å². The molecule has 0 radical (unpaired) electrons. The van der Waals surface area contributed by atoms with Crippen LogP contribution >= 0.6 is 0 Å². The first-order chi connectivity index (χ1) is 14.3. The summed E-state index contributed by atoms with van der Waals surface area (Å²) in [5.41, 5.74) is 4.34. The van der Waals surface area contributed by atoms with Gasteiger partial charge in [0, 0.05) is 0 Å². The zero-order valence-electron chi connectivity index (χ0n) is 19.4. The van der Waals surface area contributed by atoms with E-state index in [-0.39, 0.29) is 17.6 Å². The molecule has 0 bridgehead atoms. The highest BCUT2D eigenvalue weighted by Crippen LogP contribution is 2.66. The summed E-state index contributed by atoms with van der Waals surface area (Å²) in [4.78, 5) is 0. The van der Waals surface area contributed by atoms with Crippen LogP contribution < -0.4 is 0 Å². The monoisotopic (exact) mass is 410 g/mol. The van der Waals surface area contributed by atoms with E-state index in [0.717, 1.165) is 24.8 Å². The minimum absolute atomic E-state index is 0.236. The van der Waals surface area contributed by atoms with Crippen molar-refractivity contribution in [2.75, 3.05) is 0 Å². The first-order valence-corrected chi connectivity index (χ1v) is 12.4. The van der Waals surface area contributed by atoms with Crippen molar-refractivity contribution in [2.45, 2.75) is 97.2 Å². The van der Waals surface area contributed by atoms with E-state index in [1.807, 2.05) is 0 Å². The molecule has 0 aromatic rings. The summed E-state index contributed by atoms with van der Waals surface area (Å²) in [6.07, 6.45) is 20.1. The van der Waals surface area contributed by atoms with Gasteiger partial charge >= 0.3 is 0 Å². The van der Waals surface area contributed by atoms with Gasteiger partial charge in [-0.25, -0.2) is 0 Å². The first-order valence-electron chi connectivity index (χ1n) is 12.4. The summed E-state index contributed by atoms with van der Waals surface area (Å²) in [5.74, 6) is 1.70. The average Bonchev–Trinajstić information content (AvgIpc) is 3.52. The molecule has 4 rings (SSSR count). The van der Waals surface area contributed by atoms with E-state index in [1.165, 1.54) is 50.5 Å². The maximum absolute atomic E-state index is 10.3. The highest BCUT2D eigenvalue weighted by Gasteiger charge is 2.57. The summed E-state index contributed by atoms with van der Waals surface area (Å²) in [7, 11) is 0. The second-order valence-electron chi connectivity index (χ2n) is 11.1. The molecule has 0 saturated heterocycles. The fourth-order valence-electron chi connectivity index (χ4n) is 6.92. The normalized spacial score (nSPS) is 42.1. The molecular weight excluding hydrogens is 368 g/mol. The van der Waals surface area contributed by atoms with Crippen molar-refractivity contribution >= 4 is 0 Å². The summed E-state index contributed by atoms with van der Waals surface area (Å²) in [6.45, 7) is 11.6. The van der Waals surface area contributed by atoms with Gasteiger partial charge in [0.2, 0.25) is 0 Å². The third-order valence-electron chi connectivity index (χ3n) is 9.46. The topological polar surface area (TPSA) is 40.5 Å². The van der Waals surface area contributed by atoms with Gasteiger partial charge in [0.1, 0.15) is 0 Å². The van der Waals surface area contributed by atoms with Crippen LogP contribution in [-0.2, 0) is 0 Å². The minimum atomic E-state index is -0.356. The number of aliphatic hydroxyl groups is 2. The van der Waals surface area contributed by atoms with Crippen molar-refractivity contribution in [3.8, 4) is 0 Å². The summed E-state index contributed by atoms with van der Waals surface area (Å²) in [5, 5.41) is 20.4. The molecule has 0 heterocycles. The third-order valence-corrected chi connectivity index (χ3v) is 9.46. The van der Waals surface area contributed by atoms with E-state index in [1.54, 1.807) is 5.57 Å². The molecule has 4 saturated carbocycles. The molecule has 0 spiro atoms. The third kappa shape index (κ3) is 3.91. The Bertz CT molecular complexity index is 755. The Balaban J connectivity index is 1.53. The second-order valence-corrected chi connectivity index (χ2v) is 11.1. The highest BCUT2D eigenvalue weighted by atomic mass is 16.3. The predicted molar refractivity (Wildman–Crippen MR) is 125 cm³/mol. The molecule has 2 nitrogen and oxygen atoms in total. The van der Waals surface area contributed by atoms with E-state index in [2.05, 4.69) is 51.7 Å². The highest BCUT2D eigenvalue weighted by molar-refractivity contribution is 5.38. The zero-order chi connectivity index (χ0) is 21.5. The van der Waals surface area contributed by atoms with Gasteiger partial charge in [0.15, 0.2) is 0 Å². The molecule has 0 aromatic carbocycles. The van der Waals surface area contributed by atoms with Gasteiger partial charge in [-0.05, 0) is 104 Å². The van der Waals surface area contributed by atoms with Crippen LogP contribution in [0.25, 0.3) is 0 Å². The lowest BCUT2D eigenvalue weighted by atomic mass is 9.53. The molecule has 0 aliphatic heterocycles. The van der Waals surface area contributed by atoms with Crippen molar-refractivity contribution in [1.82, 2.24) is 0 Å². The Hall–Kier alpha value is -1.12. The lowest BCUT2D eigenvalue weighted by Gasteiger charge is -2.51. The Morgan fingerprint density at radius 2 is 1.77 bits per heavy atom. The van der Waals surface area contributed by atoms with E-state index in [9.17, 15) is 10.2 Å². The molecular formula is C28H42O2. The van der Waals surface area contributed by atoms with Gasteiger partial charge in [-0.3, -0.25) is 0 Å². The van der Waals surface area contributed by atoms with Crippen molar-refractivity contribution in [2.24, 2.45) is 28.6 Å². The zero-order valence-corrected chi connectivity index (χ0v) is 19.4. The Morgan fingerprint density at radius 1 is 1.00 bits per heavy atom. The molecule has 4 fully saturated rings. The van der Waals surface area contributed by atoms with E-state index in [4.69, 9.17) is 0 Å². The first kappa shape index (κ1) is 22.1. The van der Waals surface area contributed by atoms with Gasteiger partial charge in [-0.15, -0.1) is 0 Å². The lowest BCUT2D eigenvalue weighted by molar-refractivity contribution is 0.0455. The van der Waals surface area contributed by atoms with Crippen LogP contribution in [0, 0.1) is 28.6 Å². The van der Waals surface area contributed by atoms with Gasteiger partial charge in [-0.1, -0.05) is 57.2 Å². The van der Waals surface area contributed by atoms with E-state index >= 15 is 0 Å². The smallest absolute Gasteiger partial charge is 0.0787 e. The molecule has 166 valence electrons. The molecule has 2 N–H and O–H groups in total. The number of hydrogen-bond acceptors (Lipinski definition) is 2. The molecule has 4 aliphatic carbocycles. The number of rotatable bonds is 5. The minimum Gasteiger partial charge on any atom is -0.389 e. The molecule has 30 heavy (non-hydrogen) atoms. The molecule has 4 aliphatic rings. The van der Waals surface area contributed by atoms with Crippen molar-refractivity contribution in [3.63, 3.8) is 0 Å². The van der Waals surface area contributed by atoms with Crippen LogP contribution in [0.2, 0.25) is 0 Å². The largest absolute Gasteiger partial charge is 0.389 e. The molecule has 5 unspecified atom stereocenters. The van der Waals surface area contributed by atoms with Crippen LogP contribution in [0.1, 0.15) is 85.0 Å². The molecule has 2 heteroatoms. The van der Waals surface area contributed by atoms with Crippen molar-refractivity contribution in [1.29, 1.82) is 0 Å². The standard InChI is InChI=1S/C28H42O2/c1-19(10-15-26(30)22-11-12-22)24-16-18-27(3)23(8-6-17-28(24,27)4)14-13-21-7-5-9-25(29)20(21)2/h10,13-15,19,22,24-26,29-30H,2,5-9,11-12,16-18H2,1,3-4H3/b15-10+,21-13-,23-14+/t19-,24?,25?,26?,27?,28?/m1/s1. The number of aliphatic hydroxyl groups excluding tert-OH is 2. The quantitative estimate of drug-likeness (QED) is 0.507. The van der Waals surface area contributed by atoms with Gasteiger partial charge in [0.25, 0.3) is 0 Å². The van der Waals surface area contributed by atoms with Crippen LogP contribution in [0.3, 0.4) is 0 Å². The summed E-state index contributed by atoms with van der Waals surface area (Å²) in [6, 6.07) is 0. The van der Waals surface area contributed by atoms with Gasteiger partial charge in [0.05, 0.1) is 12.2 Å². The SMILES string of the molecule is C=C1/C(=C\C=C2/CCCC3(C)C([C@H](C)/C=C/C(O)C4CC4)CCC23C)CCCC1O. The van der Waals surface area contributed by atoms with Crippen LogP contribution in [-0.4, -0.2) is 22.4 Å². The Kier molecular flexibility index (Phi) is 6.21. The summed E-state index contributed by atoms with van der Waals surface area (Å²) >= 11 is 0. The van der Waals surface area contributed by atoms with Crippen molar-refractivity contribution < 1.29 is 10.2 Å². The summed E-state index contributed by atoms with van der Waals surface area (Å²) < 4.78 is 0. The number of allylic oxidation sites excluding steroid dienone is 4. The molecule has 0 amide bonds. The molecule has 0 aromatic heterocycles. The number of fused-ring (bicyclic) bond motifs is 1. The van der Waals surface area contributed by atoms with Crippen LogP contribution in [0.4, 0.5) is 0 Å². The fraction of sp³-hybridized carbons (Fsp3) is 0.714. The maximum Gasteiger partial charge on any atom is 0.0787 e. The second kappa shape index (κ2) is 8.43. The van der Waals surface area contributed by atoms with E-state index in [0.29, 0.717) is 23.2 Å². The number of hydrogen-bond donors (Lipinski definition) is 2. The van der Waals surface area contributed by atoms with Gasteiger partial charge < -0.3 is 10.2 Å².